The molecule has 1 amide bonds. The number of amides is 1. The minimum Gasteiger partial charge on any atom is -0.351 e. The second kappa shape index (κ2) is 5.91. The Hall–Kier alpha value is -1.56. The third-order valence-electron chi connectivity index (χ3n) is 3.94. The summed E-state index contributed by atoms with van der Waals surface area (Å²) < 4.78 is 0. The van der Waals surface area contributed by atoms with Gasteiger partial charge in [-0.25, -0.2) is 0 Å². The van der Waals surface area contributed by atoms with Crippen LogP contribution in [-0.2, 0) is 10.2 Å². The van der Waals surface area contributed by atoms with Gasteiger partial charge in [0.2, 0.25) is 0 Å². The van der Waals surface area contributed by atoms with Gasteiger partial charge in [-0.1, -0.05) is 20.8 Å². The SMILES string of the molecule is CC(C)(C)c1[nH]ncc1/C=C1/SC(N2CCCCC2)=NC1=O. The van der Waals surface area contributed by atoms with Gasteiger partial charge in [0.25, 0.3) is 5.91 Å². The maximum atomic E-state index is 12.2. The molecule has 6 heteroatoms. The van der Waals surface area contributed by atoms with E-state index in [4.69, 9.17) is 0 Å². The highest BCUT2D eigenvalue weighted by molar-refractivity contribution is 8.18. The number of H-pyrrole nitrogens is 1. The van der Waals surface area contributed by atoms with Gasteiger partial charge < -0.3 is 4.90 Å². The molecular formula is C16H22N4OS. The van der Waals surface area contributed by atoms with E-state index < -0.39 is 0 Å². The number of piperidine rings is 1. The van der Waals surface area contributed by atoms with E-state index >= 15 is 0 Å². The molecule has 22 heavy (non-hydrogen) atoms. The molecule has 0 aromatic carbocycles. The van der Waals surface area contributed by atoms with Crippen molar-refractivity contribution < 1.29 is 4.79 Å². The molecule has 118 valence electrons. The minimum atomic E-state index is -0.133. The van der Waals surface area contributed by atoms with Crippen molar-refractivity contribution in [2.24, 2.45) is 4.99 Å². The van der Waals surface area contributed by atoms with Gasteiger partial charge in [0, 0.05) is 29.8 Å². The Morgan fingerprint density at radius 3 is 2.68 bits per heavy atom. The van der Waals surface area contributed by atoms with Crippen LogP contribution in [0.3, 0.4) is 0 Å². The third-order valence-corrected chi connectivity index (χ3v) is 4.99. The fourth-order valence-electron chi connectivity index (χ4n) is 2.77. The Morgan fingerprint density at radius 1 is 1.27 bits per heavy atom. The fraction of sp³-hybridized carbons (Fsp3) is 0.562. The molecule has 0 aliphatic carbocycles. The molecule has 1 aromatic heterocycles. The maximum Gasteiger partial charge on any atom is 0.286 e. The zero-order valence-electron chi connectivity index (χ0n) is 13.3. The topological polar surface area (TPSA) is 61.4 Å². The number of rotatable bonds is 1. The Bertz CT molecular complexity index is 633. The normalized spacial score (nSPS) is 21.6. The van der Waals surface area contributed by atoms with Crippen LogP contribution in [0.25, 0.3) is 6.08 Å². The van der Waals surface area contributed by atoms with E-state index in [2.05, 4.69) is 40.9 Å². The summed E-state index contributed by atoms with van der Waals surface area (Å²) in [5.41, 5.74) is 1.98. The summed E-state index contributed by atoms with van der Waals surface area (Å²) in [4.78, 5) is 19.3. The number of aromatic amines is 1. The van der Waals surface area contributed by atoms with Crippen LogP contribution in [0.15, 0.2) is 16.1 Å². The molecule has 0 bridgehead atoms. The molecule has 0 saturated carbocycles. The predicted octanol–water partition coefficient (Wildman–Crippen LogP) is 3.16. The van der Waals surface area contributed by atoms with Crippen LogP contribution in [0.4, 0.5) is 0 Å². The molecule has 3 heterocycles. The molecule has 3 rings (SSSR count). The maximum absolute atomic E-state index is 12.2. The van der Waals surface area contributed by atoms with Crippen LogP contribution >= 0.6 is 11.8 Å². The molecule has 5 nitrogen and oxygen atoms in total. The summed E-state index contributed by atoms with van der Waals surface area (Å²) in [5, 5.41) is 8.03. The number of carbonyl (C=O) groups excluding carboxylic acids is 1. The van der Waals surface area contributed by atoms with Gasteiger partial charge >= 0.3 is 0 Å². The van der Waals surface area contributed by atoms with Gasteiger partial charge in [0.05, 0.1) is 11.1 Å². The predicted molar refractivity (Wildman–Crippen MR) is 90.7 cm³/mol. The summed E-state index contributed by atoms with van der Waals surface area (Å²) >= 11 is 1.49. The highest BCUT2D eigenvalue weighted by atomic mass is 32.2. The standard InChI is InChI=1S/C16H22N4OS/c1-16(2,3)13-11(10-17-19-13)9-12-14(21)18-15(22-12)20-7-5-4-6-8-20/h9-10H,4-8H2,1-3H3,(H,17,19)/b12-9+. The van der Waals surface area contributed by atoms with Crippen LogP contribution in [0.2, 0.25) is 0 Å². The number of nitrogens with zero attached hydrogens (tertiary/aromatic N) is 3. The first-order valence-corrected chi connectivity index (χ1v) is 8.58. The zero-order chi connectivity index (χ0) is 15.7. The summed E-state index contributed by atoms with van der Waals surface area (Å²) in [5.74, 6) is -0.133. The van der Waals surface area contributed by atoms with Crippen LogP contribution in [0.1, 0.15) is 51.3 Å². The first-order valence-electron chi connectivity index (χ1n) is 7.76. The molecule has 0 atom stereocenters. The lowest BCUT2D eigenvalue weighted by Crippen LogP contribution is -2.33. The molecule has 0 spiro atoms. The number of hydrogen-bond donors (Lipinski definition) is 1. The van der Waals surface area contributed by atoms with Crippen molar-refractivity contribution in [2.45, 2.75) is 45.4 Å². The second-order valence-electron chi connectivity index (χ2n) is 6.81. The fourth-order valence-corrected chi connectivity index (χ4v) is 3.72. The van der Waals surface area contributed by atoms with Gasteiger partial charge in [-0.05, 0) is 37.1 Å². The van der Waals surface area contributed by atoms with Crippen molar-refractivity contribution in [1.82, 2.24) is 15.1 Å². The molecule has 2 aliphatic heterocycles. The third kappa shape index (κ3) is 3.11. The van der Waals surface area contributed by atoms with Gasteiger partial charge in [-0.2, -0.15) is 10.1 Å². The van der Waals surface area contributed by atoms with Gasteiger partial charge in [-0.15, -0.1) is 0 Å². The number of hydrogen-bond acceptors (Lipinski definition) is 4. The Balaban J connectivity index is 1.80. The van der Waals surface area contributed by atoms with E-state index in [-0.39, 0.29) is 11.3 Å². The van der Waals surface area contributed by atoms with E-state index in [1.807, 2.05) is 6.08 Å². The van der Waals surface area contributed by atoms with Crippen molar-refractivity contribution in [1.29, 1.82) is 0 Å². The van der Waals surface area contributed by atoms with Gasteiger partial charge in [0.1, 0.15) is 0 Å². The second-order valence-corrected chi connectivity index (χ2v) is 7.82. The average Bonchev–Trinajstić information content (AvgIpc) is 3.08. The lowest BCUT2D eigenvalue weighted by molar-refractivity contribution is -0.113. The van der Waals surface area contributed by atoms with Crippen LogP contribution in [-0.4, -0.2) is 39.3 Å². The summed E-state index contributed by atoms with van der Waals surface area (Å²) in [6, 6.07) is 0. The number of carbonyl (C=O) groups is 1. The van der Waals surface area contributed by atoms with E-state index in [9.17, 15) is 4.79 Å². The smallest absolute Gasteiger partial charge is 0.286 e. The highest BCUT2D eigenvalue weighted by Crippen LogP contribution is 2.33. The molecule has 1 aromatic rings. The van der Waals surface area contributed by atoms with E-state index in [1.165, 1.54) is 31.0 Å². The highest BCUT2D eigenvalue weighted by Gasteiger charge is 2.28. The van der Waals surface area contributed by atoms with Gasteiger partial charge in [0.15, 0.2) is 5.17 Å². The number of amidine groups is 1. The molecule has 0 unspecified atom stereocenters. The molecule has 1 fully saturated rings. The summed E-state index contributed by atoms with van der Waals surface area (Å²) in [7, 11) is 0. The lowest BCUT2D eigenvalue weighted by atomic mass is 9.89. The monoisotopic (exact) mass is 318 g/mol. The number of thioether (sulfide) groups is 1. The quantitative estimate of drug-likeness (QED) is 0.808. The Morgan fingerprint density at radius 2 is 2.00 bits per heavy atom. The number of aromatic nitrogens is 2. The van der Waals surface area contributed by atoms with Crippen molar-refractivity contribution in [3.05, 3.63) is 22.4 Å². The summed E-state index contributed by atoms with van der Waals surface area (Å²) in [6.07, 6.45) is 7.33. The molecular weight excluding hydrogens is 296 g/mol. The van der Waals surface area contributed by atoms with Crippen molar-refractivity contribution in [3.8, 4) is 0 Å². The number of likely N-dealkylation sites (tertiary alicyclic amines) is 1. The van der Waals surface area contributed by atoms with Crippen LogP contribution in [0.5, 0.6) is 0 Å². The van der Waals surface area contributed by atoms with Crippen LogP contribution < -0.4 is 0 Å². The molecule has 0 radical (unpaired) electrons. The molecule has 1 saturated heterocycles. The summed E-state index contributed by atoms with van der Waals surface area (Å²) in [6.45, 7) is 8.39. The van der Waals surface area contributed by atoms with Crippen molar-refractivity contribution in [3.63, 3.8) is 0 Å². The minimum absolute atomic E-state index is 0.0359. The van der Waals surface area contributed by atoms with E-state index in [0.717, 1.165) is 29.5 Å². The Labute approximate surface area is 135 Å². The average molecular weight is 318 g/mol. The van der Waals surface area contributed by atoms with Crippen molar-refractivity contribution in [2.75, 3.05) is 13.1 Å². The molecule has 1 N–H and O–H groups in total. The number of nitrogens with one attached hydrogen (secondary N) is 1. The lowest BCUT2D eigenvalue weighted by Gasteiger charge is -2.27. The van der Waals surface area contributed by atoms with Crippen LogP contribution in [0, 0.1) is 0 Å². The van der Waals surface area contributed by atoms with E-state index in [1.54, 1.807) is 6.20 Å². The largest absolute Gasteiger partial charge is 0.351 e. The number of aliphatic imine (C=N–C) groups is 1. The zero-order valence-corrected chi connectivity index (χ0v) is 14.2. The molecule has 2 aliphatic rings. The van der Waals surface area contributed by atoms with Gasteiger partial charge in [-0.3, -0.25) is 9.89 Å². The first-order chi connectivity index (χ1) is 10.4. The van der Waals surface area contributed by atoms with E-state index in [0.29, 0.717) is 4.91 Å². The Kier molecular flexibility index (Phi) is 4.12. The first kappa shape index (κ1) is 15.3. The van der Waals surface area contributed by atoms with Crippen molar-refractivity contribution >= 4 is 28.9 Å².